The third-order valence-corrected chi connectivity index (χ3v) is 6.17. The molecule has 3 heterocycles. The van der Waals surface area contributed by atoms with Crippen LogP contribution in [0.25, 0.3) is 21.5 Å². The van der Waals surface area contributed by atoms with E-state index in [4.69, 9.17) is 10.1 Å². The second-order valence-electron chi connectivity index (χ2n) is 7.36. The maximum atomic E-state index is 9.03. The fourth-order valence-electron chi connectivity index (χ4n) is 3.77. The van der Waals surface area contributed by atoms with Crippen LogP contribution < -0.4 is 0 Å². The molecule has 0 radical (unpaired) electrons. The molecular formula is C22H27N3OS. The number of aliphatic hydroxyl groups is 1. The van der Waals surface area contributed by atoms with Crippen molar-refractivity contribution >= 4 is 22.2 Å². The molecular weight excluding hydrogens is 354 g/mol. The molecule has 0 bridgehead atoms. The summed E-state index contributed by atoms with van der Waals surface area (Å²) in [7, 11) is 0. The minimum absolute atomic E-state index is 0.284. The summed E-state index contributed by atoms with van der Waals surface area (Å²) in [5.41, 5.74) is 4.78. The maximum Gasteiger partial charge on any atom is 0.0854 e. The molecule has 27 heavy (non-hydrogen) atoms. The highest BCUT2D eigenvalue weighted by atomic mass is 32.1. The van der Waals surface area contributed by atoms with Crippen molar-refractivity contribution in [2.24, 2.45) is 0 Å². The summed E-state index contributed by atoms with van der Waals surface area (Å²) in [4.78, 5) is 11.3. The molecule has 0 unspecified atom stereocenters. The largest absolute Gasteiger partial charge is 0.396 e. The minimum Gasteiger partial charge on any atom is -0.396 e. The quantitative estimate of drug-likeness (QED) is 0.705. The van der Waals surface area contributed by atoms with Crippen molar-refractivity contribution in [1.82, 2.24) is 14.8 Å². The molecule has 0 amide bonds. The highest BCUT2D eigenvalue weighted by molar-refractivity contribution is 7.13. The molecule has 0 atom stereocenters. The molecule has 4 nitrogen and oxygen atoms in total. The van der Waals surface area contributed by atoms with Crippen LogP contribution in [-0.4, -0.2) is 59.2 Å². The second-order valence-corrected chi connectivity index (χ2v) is 8.31. The lowest BCUT2D eigenvalue weighted by molar-refractivity contribution is 0.120. The summed E-state index contributed by atoms with van der Waals surface area (Å²) in [6.07, 6.45) is 0.872. The maximum absolute atomic E-state index is 9.03. The molecule has 1 fully saturated rings. The Balaban J connectivity index is 1.57. The van der Waals surface area contributed by atoms with E-state index in [-0.39, 0.29) is 6.61 Å². The summed E-state index contributed by atoms with van der Waals surface area (Å²) in [6.45, 7) is 8.65. The average molecular weight is 382 g/mol. The van der Waals surface area contributed by atoms with Gasteiger partial charge in [0.1, 0.15) is 0 Å². The summed E-state index contributed by atoms with van der Waals surface area (Å²) in [5.74, 6) is 0. The third kappa shape index (κ3) is 4.38. The van der Waals surface area contributed by atoms with E-state index in [1.807, 2.05) is 0 Å². The SMILES string of the molecule is Cc1ccc2cc(CN3CCN(CCCO)CC3)c(-c3cccs3)nc2c1. The number of hydrogen-bond acceptors (Lipinski definition) is 5. The van der Waals surface area contributed by atoms with E-state index in [9.17, 15) is 0 Å². The predicted octanol–water partition coefficient (Wildman–Crippen LogP) is 3.77. The number of benzene rings is 1. The lowest BCUT2D eigenvalue weighted by atomic mass is 10.1. The minimum atomic E-state index is 0.284. The van der Waals surface area contributed by atoms with Gasteiger partial charge in [-0.05, 0) is 48.1 Å². The Kier molecular flexibility index (Phi) is 5.83. The standard InChI is InChI=1S/C22H27N3OS/c1-17-5-6-18-15-19(16-25-10-8-24(9-11-25)7-3-12-26)22(23-20(18)14-17)21-4-2-13-27-21/h2,4-6,13-15,26H,3,7-12,16H2,1H3. The Morgan fingerprint density at radius 3 is 2.63 bits per heavy atom. The van der Waals surface area contributed by atoms with E-state index in [2.05, 4.69) is 58.5 Å². The zero-order valence-electron chi connectivity index (χ0n) is 15.9. The highest BCUT2D eigenvalue weighted by Crippen LogP contribution is 2.30. The van der Waals surface area contributed by atoms with Crippen molar-refractivity contribution in [3.8, 4) is 10.6 Å². The van der Waals surface area contributed by atoms with Gasteiger partial charge in [-0.25, -0.2) is 4.98 Å². The molecule has 1 N–H and O–H groups in total. The van der Waals surface area contributed by atoms with Crippen molar-refractivity contribution < 1.29 is 5.11 Å². The lowest BCUT2D eigenvalue weighted by Crippen LogP contribution is -2.46. The molecule has 4 rings (SSSR count). The number of nitrogens with zero attached hydrogens (tertiary/aromatic N) is 3. The number of aliphatic hydroxyl groups excluding tert-OH is 1. The molecule has 2 aromatic heterocycles. The number of rotatable bonds is 6. The number of hydrogen-bond donors (Lipinski definition) is 1. The third-order valence-electron chi connectivity index (χ3n) is 5.30. The molecule has 1 saturated heterocycles. The molecule has 142 valence electrons. The Labute approximate surface area is 165 Å². The number of aryl methyl sites for hydroxylation is 1. The van der Waals surface area contributed by atoms with Crippen LogP contribution in [0.1, 0.15) is 17.5 Å². The van der Waals surface area contributed by atoms with Gasteiger partial charge in [-0.3, -0.25) is 4.90 Å². The average Bonchev–Trinajstić information content (AvgIpc) is 3.22. The van der Waals surface area contributed by atoms with Crippen molar-refractivity contribution in [1.29, 1.82) is 0 Å². The summed E-state index contributed by atoms with van der Waals surface area (Å²) in [5, 5.41) is 12.4. The van der Waals surface area contributed by atoms with Gasteiger partial charge < -0.3 is 10.0 Å². The number of thiophene rings is 1. The van der Waals surface area contributed by atoms with Gasteiger partial charge in [0, 0.05) is 51.3 Å². The highest BCUT2D eigenvalue weighted by Gasteiger charge is 2.19. The van der Waals surface area contributed by atoms with Gasteiger partial charge >= 0.3 is 0 Å². The first-order chi connectivity index (χ1) is 13.2. The Hall–Kier alpha value is -1.79. The monoisotopic (exact) mass is 381 g/mol. The van der Waals surface area contributed by atoms with Crippen molar-refractivity contribution in [2.45, 2.75) is 19.9 Å². The van der Waals surface area contributed by atoms with Gasteiger partial charge in [-0.15, -0.1) is 11.3 Å². The molecule has 1 aliphatic heterocycles. The fourth-order valence-corrected chi connectivity index (χ4v) is 4.52. The Morgan fingerprint density at radius 1 is 1.07 bits per heavy atom. The van der Waals surface area contributed by atoms with Gasteiger partial charge in [-0.1, -0.05) is 18.2 Å². The number of piperazine rings is 1. The molecule has 0 aliphatic carbocycles. The molecule has 3 aromatic rings. The van der Waals surface area contributed by atoms with Gasteiger partial charge in [0.15, 0.2) is 0 Å². The van der Waals surface area contributed by atoms with E-state index in [1.54, 1.807) is 11.3 Å². The van der Waals surface area contributed by atoms with E-state index in [0.29, 0.717) is 0 Å². The van der Waals surface area contributed by atoms with E-state index in [1.165, 1.54) is 21.4 Å². The van der Waals surface area contributed by atoms with Gasteiger partial charge in [0.05, 0.1) is 16.1 Å². The first-order valence-corrected chi connectivity index (χ1v) is 10.6. The predicted molar refractivity (Wildman–Crippen MR) is 113 cm³/mol. The molecule has 0 spiro atoms. The van der Waals surface area contributed by atoms with Crippen LogP contribution in [0.2, 0.25) is 0 Å². The molecule has 1 aliphatic rings. The topological polar surface area (TPSA) is 39.6 Å². The van der Waals surface area contributed by atoms with E-state index in [0.717, 1.165) is 56.9 Å². The van der Waals surface area contributed by atoms with Crippen molar-refractivity contribution in [2.75, 3.05) is 39.3 Å². The molecule has 1 aromatic carbocycles. The fraction of sp³-hybridized carbons (Fsp3) is 0.409. The van der Waals surface area contributed by atoms with Crippen molar-refractivity contribution in [3.05, 3.63) is 52.9 Å². The van der Waals surface area contributed by atoms with Crippen LogP contribution in [0.5, 0.6) is 0 Å². The summed E-state index contributed by atoms with van der Waals surface area (Å²) >= 11 is 1.76. The normalized spacial score (nSPS) is 16.2. The Morgan fingerprint density at radius 2 is 1.89 bits per heavy atom. The first-order valence-electron chi connectivity index (χ1n) is 9.72. The Bertz CT molecular complexity index is 886. The summed E-state index contributed by atoms with van der Waals surface area (Å²) in [6, 6.07) is 13.1. The van der Waals surface area contributed by atoms with Gasteiger partial charge in [0.25, 0.3) is 0 Å². The smallest absolute Gasteiger partial charge is 0.0854 e. The van der Waals surface area contributed by atoms with E-state index < -0.39 is 0 Å². The van der Waals surface area contributed by atoms with Crippen LogP contribution in [0, 0.1) is 6.92 Å². The number of fused-ring (bicyclic) bond motifs is 1. The van der Waals surface area contributed by atoms with Crippen LogP contribution >= 0.6 is 11.3 Å². The molecule has 0 saturated carbocycles. The second kappa shape index (κ2) is 8.48. The van der Waals surface area contributed by atoms with Crippen LogP contribution in [0.3, 0.4) is 0 Å². The lowest BCUT2D eigenvalue weighted by Gasteiger charge is -2.34. The number of aromatic nitrogens is 1. The zero-order valence-corrected chi connectivity index (χ0v) is 16.7. The van der Waals surface area contributed by atoms with Crippen LogP contribution in [0.15, 0.2) is 41.8 Å². The van der Waals surface area contributed by atoms with E-state index >= 15 is 0 Å². The number of pyridine rings is 1. The first kappa shape index (κ1) is 18.6. The van der Waals surface area contributed by atoms with Gasteiger partial charge in [-0.2, -0.15) is 0 Å². The summed E-state index contributed by atoms with van der Waals surface area (Å²) < 4.78 is 0. The van der Waals surface area contributed by atoms with Crippen LogP contribution in [0.4, 0.5) is 0 Å². The zero-order chi connectivity index (χ0) is 18.6. The van der Waals surface area contributed by atoms with Gasteiger partial charge in [0.2, 0.25) is 0 Å². The van der Waals surface area contributed by atoms with Crippen LogP contribution in [-0.2, 0) is 6.54 Å². The van der Waals surface area contributed by atoms with Crippen molar-refractivity contribution in [3.63, 3.8) is 0 Å². The molecule has 5 heteroatoms.